The Kier molecular flexibility index (Phi) is 4.60. The van der Waals surface area contributed by atoms with E-state index in [1.54, 1.807) is 28.7 Å². The second kappa shape index (κ2) is 6.36. The molecule has 1 N–H and O–H groups in total. The maximum Gasteiger partial charge on any atom is 0.243 e. The molecule has 3 heterocycles. The molecule has 1 aromatic carbocycles. The zero-order chi connectivity index (χ0) is 15.2. The maximum atomic E-state index is 13.1. The third-order valence-corrected chi connectivity index (χ3v) is 6.63. The number of aromatic nitrogens is 1. The summed E-state index contributed by atoms with van der Waals surface area (Å²) >= 11 is 0. The molecule has 2 aromatic rings. The number of hydrogen-bond donors (Lipinski definition) is 1. The van der Waals surface area contributed by atoms with Gasteiger partial charge < -0.3 is 5.32 Å². The van der Waals surface area contributed by atoms with E-state index in [1.807, 2.05) is 12.1 Å². The van der Waals surface area contributed by atoms with Gasteiger partial charge in [-0.25, -0.2) is 8.42 Å². The minimum absolute atomic E-state index is 0. The van der Waals surface area contributed by atoms with Gasteiger partial charge in [0.05, 0.1) is 10.4 Å². The van der Waals surface area contributed by atoms with E-state index in [-0.39, 0.29) is 18.4 Å². The standard InChI is InChI=1S/C16H19N3O2S.ClH/c20-22(21,19-10-8-12-6-7-13(11-19)18-12)16-5-1-4-15-14(16)3-2-9-17-15;/h1-5,9,12-13,18H,6-8,10-11H2;1H. The fourth-order valence-corrected chi connectivity index (χ4v) is 5.27. The number of hydrogen-bond acceptors (Lipinski definition) is 4. The summed E-state index contributed by atoms with van der Waals surface area (Å²) in [5.41, 5.74) is 0.720. The molecule has 7 heteroatoms. The van der Waals surface area contributed by atoms with Crippen molar-refractivity contribution in [3.8, 4) is 0 Å². The lowest BCUT2D eigenvalue weighted by Crippen LogP contribution is -2.39. The third kappa shape index (κ3) is 2.96. The monoisotopic (exact) mass is 353 g/mol. The number of rotatable bonds is 2. The first-order valence-corrected chi connectivity index (χ1v) is 9.18. The average molecular weight is 354 g/mol. The van der Waals surface area contributed by atoms with Gasteiger partial charge in [-0.05, 0) is 43.5 Å². The highest BCUT2D eigenvalue weighted by molar-refractivity contribution is 7.89. The molecule has 2 unspecified atom stereocenters. The molecule has 4 rings (SSSR count). The molecule has 0 saturated carbocycles. The van der Waals surface area contributed by atoms with Crippen LogP contribution in [0.15, 0.2) is 41.4 Å². The number of nitrogens with one attached hydrogen (secondary N) is 1. The minimum Gasteiger partial charge on any atom is -0.310 e. The van der Waals surface area contributed by atoms with Gasteiger partial charge in [-0.1, -0.05) is 6.07 Å². The molecule has 0 spiro atoms. The number of halogens is 1. The predicted octanol–water partition coefficient (Wildman–Crippen LogP) is 2.17. The SMILES string of the molecule is Cl.O=S(=O)(c1cccc2ncccc12)N1CCC2CCC(C1)N2. The molecule has 2 bridgehead atoms. The van der Waals surface area contributed by atoms with Gasteiger partial charge in [-0.3, -0.25) is 4.98 Å². The van der Waals surface area contributed by atoms with Crippen molar-refractivity contribution in [2.24, 2.45) is 0 Å². The summed E-state index contributed by atoms with van der Waals surface area (Å²) < 4.78 is 27.8. The van der Waals surface area contributed by atoms with Gasteiger partial charge >= 0.3 is 0 Å². The van der Waals surface area contributed by atoms with Crippen LogP contribution >= 0.6 is 12.4 Å². The van der Waals surface area contributed by atoms with Gasteiger partial charge in [-0.15, -0.1) is 12.4 Å². The van der Waals surface area contributed by atoms with Crippen molar-refractivity contribution in [3.63, 3.8) is 0 Å². The summed E-state index contributed by atoms with van der Waals surface area (Å²) in [6.07, 6.45) is 4.80. The van der Waals surface area contributed by atoms with Crippen LogP contribution in [0.4, 0.5) is 0 Å². The molecule has 2 aliphatic heterocycles. The van der Waals surface area contributed by atoms with Gasteiger partial charge in [0.25, 0.3) is 0 Å². The highest BCUT2D eigenvalue weighted by atomic mass is 35.5. The van der Waals surface area contributed by atoms with Crippen molar-refractivity contribution in [3.05, 3.63) is 36.5 Å². The first-order chi connectivity index (χ1) is 10.6. The van der Waals surface area contributed by atoms with Crippen LogP contribution in [0.1, 0.15) is 19.3 Å². The van der Waals surface area contributed by atoms with Crippen LogP contribution in [0.25, 0.3) is 10.9 Å². The molecule has 1 aromatic heterocycles. The lowest BCUT2D eigenvalue weighted by molar-refractivity contribution is 0.384. The fourth-order valence-electron chi connectivity index (χ4n) is 3.57. The summed E-state index contributed by atoms with van der Waals surface area (Å²) in [7, 11) is -3.48. The normalized spacial score (nSPS) is 25.0. The van der Waals surface area contributed by atoms with Crippen molar-refractivity contribution in [1.82, 2.24) is 14.6 Å². The summed E-state index contributed by atoms with van der Waals surface area (Å²) in [5.74, 6) is 0. The van der Waals surface area contributed by atoms with Crippen molar-refractivity contribution in [1.29, 1.82) is 0 Å². The first kappa shape index (κ1) is 16.6. The number of fused-ring (bicyclic) bond motifs is 3. The van der Waals surface area contributed by atoms with Gasteiger partial charge in [0, 0.05) is 36.8 Å². The lowest BCUT2D eigenvalue weighted by Gasteiger charge is -2.24. The molecular weight excluding hydrogens is 334 g/mol. The molecule has 0 amide bonds. The average Bonchev–Trinajstić information content (AvgIpc) is 2.85. The molecule has 2 saturated heterocycles. The van der Waals surface area contributed by atoms with Gasteiger partial charge in [0.1, 0.15) is 0 Å². The number of sulfonamides is 1. The van der Waals surface area contributed by atoms with Crippen molar-refractivity contribution < 1.29 is 8.42 Å². The highest BCUT2D eigenvalue weighted by Gasteiger charge is 2.35. The zero-order valence-corrected chi connectivity index (χ0v) is 14.3. The highest BCUT2D eigenvalue weighted by Crippen LogP contribution is 2.28. The van der Waals surface area contributed by atoms with Crippen LogP contribution < -0.4 is 5.32 Å². The van der Waals surface area contributed by atoms with E-state index >= 15 is 0 Å². The van der Waals surface area contributed by atoms with E-state index in [0.717, 1.165) is 24.8 Å². The van der Waals surface area contributed by atoms with E-state index in [4.69, 9.17) is 0 Å². The quantitative estimate of drug-likeness (QED) is 0.898. The van der Waals surface area contributed by atoms with Crippen molar-refractivity contribution >= 4 is 33.3 Å². The van der Waals surface area contributed by atoms with E-state index in [0.29, 0.717) is 29.4 Å². The molecule has 0 aliphatic carbocycles. The third-order valence-electron chi connectivity index (χ3n) is 4.71. The number of nitrogens with zero attached hydrogens (tertiary/aromatic N) is 2. The van der Waals surface area contributed by atoms with E-state index < -0.39 is 10.0 Å². The Morgan fingerprint density at radius 1 is 1.09 bits per heavy atom. The van der Waals surface area contributed by atoms with Gasteiger partial charge in [-0.2, -0.15) is 4.31 Å². The van der Waals surface area contributed by atoms with Crippen molar-refractivity contribution in [2.45, 2.75) is 36.2 Å². The molecular formula is C16H20ClN3O2S. The van der Waals surface area contributed by atoms with E-state index in [9.17, 15) is 8.42 Å². The molecule has 23 heavy (non-hydrogen) atoms. The molecule has 124 valence electrons. The van der Waals surface area contributed by atoms with Crippen LogP contribution in [0.5, 0.6) is 0 Å². The lowest BCUT2D eigenvalue weighted by atomic mass is 10.1. The van der Waals surface area contributed by atoms with Crippen LogP contribution in [0, 0.1) is 0 Å². The van der Waals surface area contributed by atoms with Crippen molar-refractivity contribution in [2.75, 3.05) is 13.1 Å². The maximum absolute atomic E-state index is 13.1. The van der Waals surface area contributed by atoms with E-state index in [2.05, 4.69) is 10.3 Å². The zero-order valence-electron chi connectivity index (χ0n) is 12.7. The van der Waals surface area contributed by atoms with Gasteiger partial charge in [0.2, 0.25) is 10.0 Å². The van der Waals surface area contributed by atoms with Crippen LogP contribution in [-0.2, 0) is 10.0 Å². The van der Waals surface area contributed by atoms with E-state index in [1.165, 1.54) is 0 Å². The summed E-state index contributed by atoms with van der Waals surface area (Å²) in [4.78, 5) is 4.63. The Hall–Kier alpha value is -1.21. The Morgan fingerprint density at radius 2 is 1.91 bits per heavy atom. The largest absolute Gasteiger partial charge is 0.310 e. The van der Waals surface area contributed by atoms with Crippen LogP contribution in [0.3, 0.4) is 0 Å². The number of benzene rings is 1. The van der Waals surface area contributed by atoms with Crippen LogP contribution in [-0.4, -0.2) is 42.9 Å². The summed E-state index contributed by atoms with van der Waals surface area (Å²) in [6.45, 7) is 1.16. The second-order valence-corrected chi connectivity index (χ2v) is 8.02. The summed E-state index contributed by atoms with van der Waals surface area (Å²) in [6, 6.07) is 9.68. The molecule has 5 nitrogen and oxygen atoms in total. The molecule has 0 radical (unpaired) electrons. The fraction of sp³-hybridized carbons (Fsp3) is 0.438. The van der Waals surface area contributed by atoms with Gasteiger partial charge in [0.15, 0.2) is 0 Å². The predicted molar refractivity (Wildman–Crippen MR) is 92.3 cm³/mol. The topological polar surface area (TPSA) is 62.3 Å². The Balaban J connectivity index is 0.00000156. The Labute approximate surface area is 142 Å². The smallest absolute Gasteiger partial charge is 0.243 e. The number of pyridine rings is 1. The molecule has 2 fully saturated rings. The Morgan fingerprint density at radius 3 is 2.78 bits per heavy atom. The molecule has 2 aliphatic rings. The Bertz CT molecular complexity index is 807. The minimum atomic E-state index is -3.48. The summed E-state index contributed by atoms with van der Waals surface area (Å²) in [5, 5.41) is 4.23. The van der Waals surface area contributed by atoms with Crippen LogP contribution in [0.2, 0.25) is 0 Å². The second-order valence-electron chi connectivity index (χ2n) is 6.12. The molecule has 2 atom stereocenters. The first-order valence-electron chi connectivity index (χ1n) is 7.74.